The van der Waals surface area contributed by atoms with Crippen LogP contribution in [0.2, 0.25) is 0 Å². The monoisotopic (exact) mass is 248 g/mol. The van der Waals surface area contributed by atoms with Gasteiger partial charge in [0.05, 0.1) is 6.20 Å². The molecule has 0 unspecified atom stereocenters. The highest BCUT2D eigenvalue weighted by Crippen LogP contribution is 2.09. The second kappa shape index (κ2) is 5.03. The van der Waals surface area contributed by atoms with Crippen LogP contribution in [0.5, 0.6) is 0 Å². The van der Waals surface area contributed by atoms with Crippen LogP contribution in [0.25, 0.3) is 5.65 Å². The number of aromatic carboxylic acids is 1. The molecule has 0 spiro atoms. The Kier molecular flexibility index (Phi) is 3.45. The highest BCUT2D eigenvalue weighted by atomic mass is 16.4. The molecule has 6 nitrogen and oxygen atoms in total. The van der Waals surface area contributed by atoms with E-state index in [0.29, 0.717) is 11.6 Å². The number of carboxylic acid groups (broad SMARTS) is 1. The molecule has 0 aliphatic heterocycles. The van der Waals surface area contributed by atoms with Crippen LogP contribution in [0.3, 0.4) is 0 Å². The molecule has 0 atom stereocenters. The van der Waals surface area contributed by atoms with E-state index < -0.39 is 5.97 Å². The Balaban J connectivity index is 2.14. The predicted molar refractivity (Wildman–Crippen MR) is 67.9 cm³/mol. The van der Waals surface area contributed by atoms with Crippen molar-refractivity contribution in [1.82, 2.24) is 14.6 Å². The van der Waals surface area contributed by atoms with Crippen molar-refractivity contribution in [3.8, 4) is 0 Å². The molecular formula is C12H16N4O2. The van der Waals surface area contributed by atoms with Gasteiger partial charge in [0.15, 0.2) is 11.3 Å². The maximum absolute atomic E-state index is 10.8. The summed E-state index contributed by atoms with van der Waals surface area (Å²) >= 11 is 0. The summed E-state index contributed by atoms with van der Waals surface area (Å²) in [5, 5.41) is 16.3. The molecule has 0 aliphatic rings. The fraction of sp³-hybridized carbons (Fsp3) is 0.417. The van der Waals surface area contributed by atoms with Gasteiger partial charge in [0.1, 0.15) is 5.82 Å². The number of rotatable bonds is 5. The van der Waals surface area contributed by atoms with Gasteiger partial charge in [-0.2, -0.15) is 0 Å². The first-order valence-corrected chi connectivity index (χ1v) is 5.90. The van der Waals surface area contributed by atoms with Crippen LogP contribution in [-0.4, -0.2) is 32.2 Å². The lowest BCUT2D eigenvalue weighted by Crippen LogP contribution is -2.07. The Morgan fingerprint density at radius 3 is 2.94 bits per heavy atom. The fourth-order valence-electron chi connectivity index (χ4n) is 1.57. The number of aromatic nitrogens is 3. The average molecular weight is 248 g/mol. The molecule has 2 aromatic heterocycles. The van der Waals surface area contributed by atoms with Gasteiger partial charge in [0, 0.05) is 6.54 Å². The van der Waals surface area contributed by atoms with Gasteiger partial charge in [-0.05, 0) is 24.5 Å². The Hall–Kier alpha value is -2.11. The molecule has 2 rings (SSSR count). The van der Waals surface area contributed by atoms with Crippen LogP contribution in [0.4, 0.5) is 5.82 Å². The molecule has 0 aromatic carbocycles. The molecule has 0 saturated carbocycles. The molecule has 0 bridgehead atoms. The number of fused-ring (bicyclic) bond motifs is 1. The number of nitrogens with zero attached hydrogens (tertiary/aromatic N) is 3. The van der Waals surface area contributed by atoms with E-state index >= 15 is 0 Å². The lowest BCUT2D eigenvalue weighted by Gasteiger charge is -2.07. The standard InChI is InChI=1S/C12H16N4O2/c1-8(2)5-6-13-10-3-4-11-14-9(12(17)18)7-16(11)15-10/h3-4,7-8H,5-6H2,1-2H3,(H,13,15)(H,17,18). The molecular weight excluding hydrogens is 232 g/mol. The van der Waals surface area contributed by atoms with E-state index in [1.54, 1.807) is 12.1 Å². The zero-order valence-corrected chi connectivity index (χ0v) is 10.4. The summed E-state index contributed by atoms with van der Waals surface area (Å²) in [6.07, 6.45) is 2.47. The Morgan fingerprint density at radius 1 is 1.50 bits per heavy atom. The van der Waals surface area contributed by atoms with Gasteiger partial charge in [-0.1, -0.05) is 13.8 Å². The van der Waals surface area contributed by atoms with Gasteiger partial charge in [-0.3, -0.25) is 0 Å². The van der Waals surface area contributed by atoms with E-state index in [9.17, 15) is 4.79 Å². The minimum atomic E-state index is -1.05. The Labute approximate surface area is 105 Å². The minimum absolute atomic E-state index is 0.00169. The first-order chi connectivity index (χ1) is 8.56. The first kappa shape index (κ1) is 12.3. The zero-order chi connectivity index (χ0) is 13.1. The lowest BCUT2D eigenvalue weighted by atomic mass is 10.1. The number of anilines is 1. The summed E-state index contributed by atoms with van der Waals surface area (Å²) in [6.45, 7) is 5.16. The third-order valence-corrected chi connectivity index (χ3v) is 2.57. The molecule has 96 valence electrons. The number of carboxylic acids is 1. The highest BCUT2D eigenvalue weighted by molar-refractivity contribution is 5.86. The summed E-state index contributed by atoms with van der Waals surface area (Å²) in [5.41, 5.74) is 0.531. The third-order valence-electron chi connectivity index (χ3n) is 2.57. The van der Waals surface area contributed by atoms with Crippen LogP contribution >= 0.6 is 0 Å². The molecule has 0 radical (unpaired) electrons. The van der Waals surface area contributed by atoms with Gasteiger partial charge < -0.3 is 10.4 Å². The van der Waals surface area contributed by atoms with E-state index in [4.69, 9.17) is 5.11 Å². The topological polar surface area (TPSA) is 79.5 Å². The number of nitrogens with one attached hydrogen (secondary N) is 1. The van der Waals surface area contributed by atoms with Crippen molar-refractivity contribution in [2.45, 2.75) is 20.3 Å². The molecule has 2 N–H and O–H groups in total. The van der Waals surface area contributed by atoms with E-state index in [1.165, 1.54) is 10.7 Å². The summed E-state index contributed by atoms with van der Waals surface area (Å²) in [7, 11) is 0. The zero-order valence-electron chi connectivity index (χ0n) is 10.4. The largest absolute Gasteiger partial charge is 0.476 e. The number of hydrogen-bond donors (Lipinski definition) is 2. The van der Waals surface area contributed by atoms with E-state index in [-0.39, 0.29) is 5.69 Å². The molecule has 2 heterocycles. The van der Waals surface area contributed by atoms with Crippen molar-refractivity contribution in [3.05, 3.63) is 24.0 Å². The molecule has 6 heteroatoms. The van der Waals surface area contributed by atoms with E-state index in [2.05, 4.69) is 29.2 Å². The Bertz CT molecular complexity index is 562. The first-order valence-electron chi connectivity index (χ1n) is 5.90. The van der Waals surface area contributed by atoms with Crippen LogP contribution < -0.4 is 5.32 Å². The Morgan fingerprint density at radius 2 is 2.28 bits per heavy atom. The van der Waals surface area contributed by atoms with Crippen molar-refractivity contribution < 1.29 is 9.90 Å². The van der Waals surface area contributed by atoms with E-state index in [0.717, 1.165) is 18.8 Å². The maximum atomic E-state index is 10.8. The van der Waals surface area contributed by atoms with Crippen LogP contribution in [0.15, 0.2) is 18.3 Å². The third kappa shape index (κ3) is 2.77. The maximum Gasteiger partial charge on any atom is 0.356 e. The second-order valence-corrected chi connectivity index (χ2v) is 4.56. The second-order valence-electron chi connectivity index (χ2n) is 4.56. The SMILES string of the molecule is CC(C)CCNc1ccc2nc(C(=O)O)cn2n1. The van der Waals surface area contributed by atoms with Gasteiger partial charge in [-0.25, -0.2) is 14.3 Å². The molecule has 0 saturated heterocycles. The average Bonchev–Trinajstić information content (AvgIpc) is 2.71. The van der Waals surface area contributed by atoms with Gasteiger partial charge >= 0.3 is 5.97 Å². The van der Waals surface area contributed by atoms with Crippen LogP contribution in [0.1, 0.15) is 30.8 Å². The van der Waals surface area contributed by atoms with Crippen molar-refractivity contribution in [1.29, 1.82) is 0 Å². The van der Waals surface area contributed by atoms with Gasteiger partial charge in [0.25, 0.3) is 0 Å². The van der Waals surface area contributed by atoms with Crippen molar-refractivity contribution in [2.75, 3.05) is 11.9 Å². The molecule has 0 amide bonds. The summed E-state index contributed by atoms with van der Waals surface area (Å²) in [5.74, 6) is 0.306. The summed E-state index contributed by atoms with van der Waals surface area (Å²) < 4.78 is 1.47. The number of imidazole rings is 1. The summed E-state index contributed by atoms with van der Waals surface area (Å²) in [6, 6.07) is 3.55. The smallest absolute Gasteiger partial charge is 0.356 e. The quantitative estimate of drug-likeness (QED) is 0.844. The van der Waals surface area contributed by atoms with E-state index in [1.807, 2.05) is 0 Å². The van der Waals surface area contributed by atoms with Crippen LogP contribution in [0, 0.1) is 5.92 Å². The number of carbonyl (C=O) groups is 1. The summed E-state index contributed by atoms with van der Waals surface area (Å²) in [4.78, 5) is 14.7. The van der Waals surface area contributed by atoms with Crippen molar-refractivity contribution >= 4 is 17.4 Å². The van der Waals surface area contributed by atoms with Crippen LogP contribution in [-0.2, 0) is 0 Å². The molecule has 0 fully saturated rings. The lowest BCUT2D eigenvalue weighted by molar-refractivity contribution is 0.0691. The molecule has 18 heavy (non-hydrogen) atoms. The van der Waals surface area contributed by atoms with Gasteiger partial charge in [0.2, 0.25) is 0 Å². The fourth-order valence-corrected chi connectivity index (χ4v) is 1.57. The number of hydrogen-bond acceptors (Lipinski definition) is 4. The predicted octanol–water partition coefficient (Wildman–Crippen LogP) is 1.89. The molecule has 0 aliphatic carbocycles. The normalized spacial score (nSPS) is 11.1. The highest BCUT2D eigenvalue weighted by Gasteiger charge is 2.09. The molecule has 2 aromatic rings. The van der Waals surface area contributed by atoms with Crippen molar-refractivity contribution in [3.63, 3.8) is 0 Å². The van der Waals surface area contributed by atoms with Crippen molar-refractivity contribution in [2.24, 2.45) is 5.92 Å². The van der Waals surface area contributed by atoms with Gasteiger partial charge in [-0.15, -0.1) is 5.10 Å². The minimum Gasteiger partial charge on any atom is -0.476 e.